The van der Waals surface area contributed by atoms with Crippen LogP contribution in [0, 0.1) is 0 Å². The van der Waals surface area contributed by atoms with Crippen LogP contribution in [0.1, 0.15) is 26.3 Å². The molecule has 0 bridgehead atoms. The summed E-state index contributed by atoms with van der Waals surface area (Å²) in [4.78, 5) is 12.4. The van der Waals surface area contributed by atoms with Gasteiger partial charge < -0.3 is 19.5 Å². The molecule has 5 nitrogen and oxygen atoms in total. The highest BCUT2D eigenvalue weighted by atomic mass is 16.6. The molecule has 5 heteroatoms. The maximum atomic E-state index is 12.4. The van der Waals surface area contributed by atoms with E-state index in [1.165, 1.54) is 0 Å². The average Bonchev–Trinajstić information content (AvgIpc) is 2.62. The summed E-state index contributed by atoms with van der Waals surface area (Å²) in [5.41, 5.74) is 1.14. The van der Waals surface area contributed by atoms with Crippen LogP contribution in [0.15, 0.2) is 48.5 Å². The number of hydrogen-bond donors (Lipinski definition) is 1. The lowest BCUT2D eigenvalue weighted by molar-refractivity contribution is -0.133. The van der Waals surface area contributed by atoms with E-state index in [1.807, 2.05) is 69.3 Å². The first-order valence-corrected chi connectivity index (χ1v) is 8.98. The van der Waals surface area contributed by atoms with Gasteiger partial charge >= 0.3 is 0 Å². The number of carbonyl (C=O) groups is 1. The first kappa shape index (κ1) is 18.1. The molecule has 2 atom stereocenters. The molecule has 1 N–H and O–H groups in total. The Kier molecular flexibility index (Phi) is 5.66. The van der Waals surface area contributed by atoms with Crippen molar-refractivity contribution >= 4 is 5.91 Å². The number of carbonyl (C=O) groups excluding carboxylic acids is 1. The van der Waals surface area contributed by atoms with Crippen LogP contribution in [0.2, 0.25) is 0 Å². The van der Waals surface area contributed by atoms with Crippen molar-refractivity contribution < 1.29 is 19.0 Å². The van der Waals surface area contributed by atoms with E-state index in [0.717, 1.165) is 17.7 Å². The van der Waals surface area contributed by atoms with E-state index in [2.05, 4.69) is 5.32 Å². The predicted molar refractivity (Wildman–Crippen MR) is 99.9 cm³/mol. The van der Waals surface area contributed by atoms with Crippen molar-refractivity contribution in [1.29, 1.82) is 0 Å². The fourth-order valence-electron chi connectivity index (χ4n) is 2.84. The summed E-state index contributed by atoms with van der Waals surface area (Å²) < 4.78 is 17.2. The van der Waals surface area contributed by atoms with Crippen LogP contribution >= 0.6 is 0 Å². The molecule has 3 rings (SSSR count). The number of rotatable bonds is 6. The molecule has 0 aliphatic carbocycles. The molecular formula is C21H25NO4. The molecule has 1 heterocycles. The molecule has 1 aliphatic heterocycles. The van der Waals surface area contributed by atoms with Gasteiger partial charge in [0.1, 0.15) is 11.9 Å². The SMILES string of the molecule is CC(C)Oc1ccc(CCNC(=O)C2Oc3ccccc3OC2C)cc1. The van der Waals surface area contributed by atoms with Gasteiger partial charge in [-0.25, -0.2) is 0 Å². The fraction of sp³-hybridized carbons (Fsp3) is 0.381. The minimum Gasteiger partial charge on any atom is -0.491 e. The van der Waals surface area contributed by atoms with Crippen LogP contribution in [-0.4, -0.2) is 30.8 Å². The first-order valence-electron chi connectivity index (χ1n) is 8.98. The van der Waals surface area contributed by atoms with Crippen LogP contribution < -0.4 is 19.5 Å². The van der Waals surface area contributed by atoms with Gasteiger partial charge in [-0.2, -0.15) is 0 Å². The predicted octanol–water partition coefficient (Wildman–Crippen LogP) is 3.36. The van der Waals surface area contributed by atoms with Crippen LogP contribution in [0.4, 0.5) is 0 Å². The third-order valence-electron chi connectivity index (χ3n) is 4.11. The molecular weight excluding hydrogens is 330 g/mol. The number of benzene rings is 2. The van der Waals surface area contributed by atoms with Gasteiger partial charge in [0.25, 0.3) is 5.91 Å². The highest BCUT2D eigenvalue weighted by molar-refractivity contribution is 5.82. The fourth-order valence-corrected chi connectivity index (χ4v) is 2.84. The van der Waals surface area contributed by atoms with Gasteiger partial charge in [0.05, 0.1) is 6.10 Å². The Morgan fingerprint density at radius 3 is 2.38 bits per heavy atom. The Labute approximate surface area is 154 Å². The van der Waals surface area contributed by atoms with Gasteiger partial charge in [-0.05, 0) is 57.0 Å². The molecule has 0 spiro atoms. The summed E-state index contributed by atoms with van der Waals surface area (Å²) in [7, 11) is 0. The van der Waals surface area contributed by atoms with Gasteiger partial charge in [0.15, 0.2) is 11.5 Å². The summed E-state index contributed by atoms with van der Waals surface area (Å²) in [6.07, 6.45) is -0.0826. The van der Waals surface area contributed by atoms with Crippen LogP contribution in [0.3, 0.4) is 0 Å². The summed E-state index contributed by atoms with van der Waals surface area (Å²) in [6.45, 7) is 6.38. The highest BCUT2D eigenvalue weighted by Gasteiger charge is 2.33. The summed E-state index contributed by atoms with van der Waals surface area (Å²) in [5.74, 6) is 1.97. The molecule has 138 valence electrons. The molecule has 2 aromatic carbocycles. The number of ether oxygens (including phenoxy) is 3. The molecule has 1 amide bonds. The second-order valence-electron chi connectivity index (χ2n) is 6.66. The maximum absolute atomic E-state index is 12.4. The van der Waals surface area contributed by atoms with Crippen molar-refractivity contribution in [2.75, 3.05) is 6.54 Å². The zero-order valence-electron chi connectivity index (χ0n) is 15.4. The number of amides is 1. The van der Waals surface area contributed by atoms with E-state index in [1.54, 1.807) is 0 Å². The van der Waals surface area contributed by atoms with E-state index in [4.69, 9.17) is 14.2 Å². The molecule has 0 saturated heterocycles. The summed E-state index contributed by atoms with van der Waals surface area (Å²) in [5, 5.41) is 2.93. The lowest BCUT2D eigenvalue weighted by Crippen LogP contribution is -2.49. The first-order chi connectivity index (χ1) is 12.5. The summed E-state index contributed by atoms with van der Waals surface area (Å²) >= 11 is 0. The molecule has 26 heavy (non-hydrogen) atoms. The maximum Gasteiger partial charge on any atom is 0.265 e. The number of fused-ring (bicyclic) bond motifs is 1. The number of hydrogen-bond acceptors (Lipinski definition) is 4. The van der Waals surface area contributed by atoms with Crippen molar-refractivity contribution in [2.24, 2.45) is 0 Å². The van der Waals surface area contributed by atoms with Crippen molar-refractivity contribution in [1.82, 2.24) is 5.32 Å². The minimum absolute atomic E-state index is 0.157. The van der Waals surface area contributed by atoms with Gasteiger partial charge in [-0.1, -0.05) is 24.3 Å². The zero-order valence-corrected chi connectivity index (χ0v) is 15.4. The van der Waals surface area contributed by atoms with E-state index in [0.29, 0.717) is 18.0 Å². The summed E-state index contributed by atoms with van der Waals surface area (Å²) in [6, 6.07) is 15.3. The van der Waals surface area contributed by atoms with Crippen molar-refractivity contribution in [3.8, 4) is 17.2 Å². The number of para-hydroxylation sites is 2. The topological polar surface area (TPSA) is 56.8 Å². The lowest BCUT2D eigenvalue weighted by Gasteiger charge is -2.31. The number of nitrogens with one attached hydrogen (secondary N) is 1. The van der Waals surface area contributed by atoms with Gasteiger partial charge in [0, 0.05) is 6.54 Å². The van der Waals surface area contributed by atoms with Crippen molar-refractivity contribution in [3.63, 3.8) is 0 Å². The second kappa shape index (κ2) is 8.13. The highest BCUT2D eigenvalue weighted by Crippen LogP contribution is 2.33. The van der Waals surface area contributed by atoms with E-state index in [-0.39, 0.29) is 18.1 Å². The Balaban J connectivity index is 1.50. The smallest absolute Gasteiger partial charge is 0.265 e. The largest absolute Gasteiger partial charge is 0.491 e. The van der Waals surface area contributed by atoms with E-state index < -0.39 is 6.10 Å². The van der Waals surface area contributed by atoms with Crippen LogP contribution in [0.25, 0.3) is 0 Å². The van der Waals surface area contributed by atoms with Gasteiger partial charge in [0.2, 0.25) is 6.10 Å². The van der Waals surface area contributed by atoms with E-state index >= 15 is 0 Å². The molecule has 0 aromatic heterocycles. The van der Waals surface area contributed by atoms with Crippen LogP contribution in [-0.2, 0) is 11.2 Å². The minimum atomic E-state index is -0.647. The Bertz CT molecular complexity index is 742. The van der Waals surface area contributed by atoms with Crippen molar-refractivity contribution in [3.05, 3.63) is 54.1 Å². The third kappa shape index (κ3) is 4.48. The third-order valence-corrected chi connectivity index (χ3v) is 4.11. The van der Waals surface area contributed by atoms with Crippen molar-refractivity contribution in [2.45, 2.75) is 45.5 Å². The normalized spacial score (nSPS) is 18.5. The average molecular weight is 355 g/mol. The molecule has 0 radical (unpaired) electrons. The van der Waals surface area contributed by atoms with Gasteiger partial charge in [-0.15, -0.1) is 0 Å². The van der Waals surface area contributed by atoms with Crippen LogP contribution in [0.5, 0.6) is 17.2 Å². The molecule has 2 aromatic rings. The van der Waals surface area contributed by atoms with E-state index in [9.17, 15) is 4.79 Å². The zero-order chi connectivity index (χ0) is 18.5. The Hall–Kier alpha value is -2.69. The monoisotopic (exact) mass is 355 g/mol. The van der Waals surface area contributed by atoms with Gasteiger partial charge in [-0.3, -0.25) is 4.79 Å². The molecule has 0 saturated carbocycles. The molecule has 2 unspecified atom stereocenters. The molecule has 0 fully saturated rings. The molecule has 1 aliphatic rings. The Morgan fingerprint density at radius 1 is 1.08 bits per heavy atom. The Morgan fingerprint density at radius 2 is 1.73 bits per heavy atom. The quantitative estimate of drug-likeness (QED) is 0.863. The standard InChI is InChI=1S/C21H25NO4/c1-14(2)24-17-10-8-16(9-11-17)12-13-22-21(23)20-15(3)25-18-6-4-5-7-19(18)26-20/h4-11,14-15,20H,12-13H2,1-3H3,(H,22,23). The second-order valence-corrected chi connectivity index (χ2v) is 6.66. The lowest BCUT2D eigenvalue weighted by atomic mass is 10.1.